The van der Waals surface area contributed by atoms with Crippen LogP contribution in [-0.4, -0.2) is 17.4 Å². The van der Waals surface area contributed by atoms with Gasteiger partial charge < -0.3 is 10.6 Å². The summed E-state index contributed by atoms with van der Waals surface area (Å²) in [5, 5.41) is 6.01. The highest BCUT2D eigenvalue weighted by molar-refractivity contribution is 9.11. The Morgan fingerprint density at radius 2 is 2.05 bits per heavy atom. The van der Waals surface area contributed by atoms with Crippen LogP contribution in [0.25, 0.3) is 0 Å². The molecule has 0 saturated carbocycles. The van der Waals surface area contributed by atoms with Crippen molar-refractivity contribution in [2.24, 2.45) is 0 Å². The molecular weight excluding hydrogens is 398 g/mol. The van der Waals surface area contributed by atoms with Gasteiger partial charge >= 0.3 is 0 Å². The Bertz CT molecular complexity index is 647. The Kier molecular flexibility index (Phi) is 5.76. The topological polar surface area (TPSA) is 54.0 Å². The Balaban J connectivity index is 2.12. The molecule has 0 saturated heterocycles. The molecule has 0 unspecified atom stereocenters. The number of nitrogens with one attached hydrogen (secondary N) is 2. The van der Waals surface area contributed by atoms with Gasteiger partial charge in [-0.2, -0.15) is 0 Å². The van der Waals surface area contributed by atoms with E-state index in [1.807, 2.05) is 30.3 Å². The number of carbonyl (C=O) groups excluding carboxylic acids is 1. The van der Waals surface area contributed by atoms with Crippen LogP contribution in [0.3, 0.4) is 0 Å². The third kappa shape index (κ3) is 4.54. The molecule has 21 heavy (non-hydrogen) atoms. The predicted molar refractivity (Wildman–Crippen MR) is 92.8 cm³/mol. The lowest BCUT2D eigenvalue weighted by molar-refractivity contribution is 0.102. The van der Waals surface area contributed by atoms with Crippen molar-refractivity contribution in [3.8, 4) is 0 Å². The SMILES string of the molecule is CCCNc1cccc(C(=O)Nc2ccc(Br)cc2Br)n1. The van der Waals surface area contributed by atoms with Gasteiger partial charge in [-0.1, -0.05) is 28.9 Å². The molecular formula is C15H15Br2N3O. The van der Waals surface area contributed by atoms with Gasteiger partial charge in [0.2, 0.25) is 0 Å². The van der Waals surface area contributed by atoms with E-state index in [1.165, 1.54) is 0 Å². The van der Waals surface area contributed by atoms with E-state index < -0.39 is 0 Å². The Morgan fingerprint density at radius 1 is 1.24 bits per heavy atom. The molecule has 0 bridgehead atoms. The van der Waals surface area contributed by atoms with E-state index in [0.717, 1.165) is 21.9 Å². The standard InChI is InChI=1S/C15H15Br2N3O/c1-2-8-18-14-5-3-4-13(19-14)15(21)20-12-7-6-10(16)9-11(12)17/h3-7,9H,2,8H2,1H3,(H,18,19)(H,20,21). The second-order valence-electron chi connectivity index (χ2n) is 4.41. The first-order valence-corrected chi connectivity index (χ1v) is 8.16. The molecule has 4 nitrogen and oxygen atoms in total. The van der Waals surface area contributed by atoms with Crippen molar-refractivity contribution in [2.45, 2.75) is 13.3 Å². The van der Waals surface area contributed by atoms with Crippen molar-refractivity contribution in [3.63, 3.8) is 0 Å². The molecule has 0 aliphatic heterocycles. The smallest absolute Gasteiger partial charge is 0.274 e. The minimum absolute atomic E-state index is 0.238. The number of halogens is 2. The van der Waals surface area contributed by atoms with Crippen molar-refractivity contribution in [3.05, 3.63) is 51.0 Å². The number of rotatable bonds is 5. The fourth-order valence-corrected chi connectivity index (χ4v) is 2.84. The molecule has 0 aliphatic rings. The molecule has 1 amide bonds. The summed E-state index contributed by atoms with van der Waals surface area (Å²) in [5.74, 6) is 0.470. The third-order valence-corrected chi connectivity index (χ3v) is 3.87. The summed E-state index contributed by atoms with van der Waals surface area (Å²) in [4.78, 5) is 16.5. The minimum atomic E-state index is -0.238. The molecule has 6 heteroatoms. The zero-order valence-electron chi connectivity index (χ0n) is 11.5. The lowest BCUT2D eigenvalue weighted by Crippen LogP contribution is -2.15. The van der Waals surface area contributed by atoms with E-state index in [-0.39, 0.29) is 5.91 Å². The van der Waals surface area contributed by atoms with E-state index in [2.05, 4.69) is 54.4 Å². The average Bonchev–Trinajstić information content (AvgIpc) is 2.48. The number of aromatic nitrogens is 1. The number of anilines is 2. The molecule has 0 fully saturated rings. The fraction of sp³-hybridized carbons (Fsp3) is 0.200. The molecule has 1 aromatic heterocycles. The van der Waals surface area contributed by atoms with Crippen molar-refractivity contribution < 1.29 is 4.79 Å². The molecule has 2 aromatic rings. The number of nitrogens with zero attached hydrogens (tertiary/aromatic N) is 1. The Labute approximate surface area is 140 Å². The highest BCUT2D eigenvalue weighted by Gasteiger charge is 2.10. The van der Waals surface area contributed by atoms with E-state index >= 15 is 0 Å². The molecule has 2 rings (SSSR count). The minimum Gasteiger partial charge on any atom is -0.370 e. The highest BCUT2D eigenvalue weighted by atomic mass is 79.9. The maximum atomic E-state index is 12.2. The summed E-state index contributed by atoms with van der Waals surface area (Å²) in [6.45, 7) is 2.91. The summed E-state index contributed by atoms with van der Waals surface area (Å²) in [6, 6.07) is 10.9. The molecule has 0 aliphatic carbocycles. The van der Waals surface area contributed by atoms with E-state index in [4.69, 9.17) is 0 Å². The zero-order valence-corrected chi connectivity index (χ0v) is 14.7. The monoisotopic (exact) mass is 411 g/mol. The maximum absolute atomic E-state index is 12.2. The summed E-state index contributed by atoms with van der Waals surface area (Å²) in [5.41, 5.74) is 1.09. The Morgan fingerprint density at radius 3 is 2.76 bits per heavy atom. The number of hydrogen-bond donors (Lipinski definition) is 2. The van der Waals surface area contributed by atoms with Gasteiger partial charge in [0.25, 0.3) is 5.91 Å². The molecule has 0 radical (unpaired) electrons. The van der Waals surface area contributed by atoms with Crippen LogP contribution in [-0.2, 0) is 0 Å². The predicted octanol–water partition coefficient (Wildman–Crippen LogP) is 4.68. The van der Waals surface area contributed by atoms with E-state index in [0.29, 0.717) is 17.2 Å². The van der Waals surface area contributed by atoms with Crippen molar-refractivity contribution in [2.75, 3.05) is 17.2 Å². The first kappa shape index (κ1) is 16.0. The van der Waals surface area contributed by atoms with Crippen LogP contribution in [0.2, 0.25) is 0 Å². The van der Waals surface area contributed by atoms with Crippen LogP contribution in [0.4, 0.5) is 11.5 Å². The molecule has 110 valence electrons. The summed E-state index contributed by atoms with van der Waals surface area (Å²) < 4.78 is 1.75. The van der Waals surface area contributed by atoms with Gasteiger partial charge in [-0.3, -0.25) is 4.79 Å². The largest absolute Gasteiger partial charge is 0.370 e. The molecule has 0 atom stereocenters. The zero-order chi connectivity index (χ0) is 15.2. The number of carbonyl (C=O) groups is 1. The van der Waals surface area contributed by atoms with Crippen molar-refractivity contribution >= 4 is 49.3 Å². The number of hydrogen-bond acceptors (Lipinski definition) is 3. The van der Waals surface area contributed by atoms with E-state index in [9.17, 15) is 4.79 Å². The lowest BCUT2D eigenvalue weighted by Gasteiger charge is -2.09. The van der Waals surface area contributed by atoms with Crippen LogP contribution in [0.15, 0.2) is 45.3 Å². The maximum Gasteiger partial charge on any atom is 0.274 e. The molecule has 1 heterocycles. The van der Waals surface area contributed by atoms with Crippen molar-refractivity contribution in [1.29, 1.82) is 0 Å². The highest BCUT2D eigenvalue weighted by Crippen LogP contribution is 2.26. The average molecular weight is 413 g/mol. The fourth-order valence-electron chi connectivity index (χ4n) is 1.69. The van der Waals surface area contributed by atoms with Gasteiger partial charge in [-0.25, -0.2) is 4.98 Å². The van der Waals surface area contributed by atoms with Gasteiger partial charge in [0, 0.05) is 15.5 Å². The van der Waals surface area contributed by atoms with Gasteiger partial charge in [0.05, 0.1) is 5.69 Å². The number of pyridine rings is 1. The summed E-state index contributed by atoms with van der Waals surface area (Å²) in [6.07, 6.45) is 1.00. The third-order valence-electron chi connectivity index (χ3n) is 2.72. The summed E-state index contributed by atoms with van der Waals surface area (Å²) in [7, 11) is 0. The van der Waals surface area contributed by atoms with Crippen LogP contribution < -0.4 is 10.6 Å². The van der Waals surface area contributed by atoms with Crippen LogP contribution >= 0.6 is 31.9 Å². The normalized spacial score (nSPS) is 10.2. The molecule has 1 aromatic carbocycles. The first-order valence-electron chi connectivity index (χ1n) is 6.57. The number of amides is 1. The van der Waals surface area contributed by atoms with Crippen molar-refractivity contribution in [1.82, 2.24) is 4.98 Å². The number of benzene rings is 1. The van der Waals surface area contributed by atoms with Gasteiger partial charge in [-0.05, 0) is 52.7 Å². The molecule has 0 spiro atoms. The second-order valence-corrected chi connectivity index (χ2v) is 6.18. The molecule has 2 N–H and O–H groups in total. The van der Waals surface area contributed by atoms with E-state index in [1.54, 1.807) is 6.07 Å². The lowest BCUT2D eigenvalue weighted by atomic mass is 10.3. The summed E-state index contributed by atoms with van der Waals surface area (Å²) >= 11 is 6.80. The van der Waals surface area contributed by atoms with Crippen LogP contribution in [0.5, 0.6) is 0 Å². The van der Waals surface area contributed by atoms with Gasteiger partial charge in [-0.15, -0.1) is 0 Å². The van der Waals surface area contributed by atoms with Crippen LogP contribution in [0, 0.1) is 0 Å². The second kappa shape index (κ2) is 7.56. The Hall–Kier alpha value is -1.40. The quantitative estimate of drug-likeness (QED) is 0.749. The van der Waals surface area contributed by atoms with Crippen LogP contribution in [0.1, 0.15) is 23.8 Å². The van der Waals surface area contributed by atoms with Gasteiger partial charge in [0.15, 0.2) is 0 Å². The van der Waals surface area contributed by atoms with Gasteiger partial charge in [0.1, 0.15) is 11.5 Å². The first-order chi connectivity index (χ1) is 10.1.